The summed E-state index contributed by atoms with van der Waals surface area (Å²) >= 11 is 0. The van der Waals surface area contributed by atoms with Crippen molar-refractivity contribution < 1.29 is 19.5 Å². The van der Waals surface area contributed by atoms with Gasteiger partial charge in [0, 0.05) is 6.54 Å². The number of carbonyl (C=O) groups is 3. The lowest BCUT2D eigenvalue weighted by Gasteiger charge is -2.36. The minimum Gasteiger partial charge on any atom is -0.480 e. The maximum absolute atomic E-state index is 12.4. The van der Waals surface area contributed by atoms with E-state index in [1.54, 1.807) is 13.8 Å². The van der Waals surface area contributed by atoms with Crippen LogP contribution in [-0.4, -0.2) is 46.5 Å². The molecule has 1 saturated heterocycles. The Hall–Kier alpha value is -1.79. The maximum Gasteiger partial charge on any atom is 0.326 e. The van der Waals surface area contributed by atoms with Gasteiger partial charge in [-0.1, -0.05) is 13.8 Å². The molecule has 0 aromatic rings. The second-order valence-electron chi connectivity index (χ2n) is 5.11. The number of hydrogen-bond donors (Lipinski definition) is 3. The van der Waals surface area contributed by atoms with Gasteiger partial charge in [-0.15, -0.1) is 0 Å². The van der Waals surface area contributed by atoms with Gasteiger partial charge < -0.3 is 21.1 Å². The number of carboxylic acids is 1. The molecule has 108 valence electrons. The van der Waals surface area contributed by atoms with Gasteiger partial charge in [-0.25, -0.2) is 9.59 Å². The van der Waals surface area contributed by atoms with Gasteiger partial charge in [0.1, 0.15) is 12.1 Å². The predicted octanol–water partition coefficient (Wildman–Crippen LogP) is 0.145. The number of carboxylic acid groups (broad SMARTS) is 1. The first kappa shape index (κ1) is 15.3. The van der Waals surface area contributed by atoms with Crippen molar-refractivity contribution in [1.82, 2.24) is 10.2 Å². The highest BCUT2D eigenvalue weighted by Crippen LogP contribution is 2.19. The number of nitrogens with one attached hydrogen (secondary N) is 1. The van der Waals surface area contributed by atoms with Crippen LogP contribution >= 0.6 is 0 Å². The van der Waals surface area contributed by atoms with Crippen molar-refractivity contribution in [3.05, 3.63) is 0 Å². The first-order chi connectivity index (χ1) is 8.84. The molecule has 1 aliphatic heterocycles. The average molecular weight is 271 g/mol. The molecule has 7 nitrogen and oxygen atoms in total. The van der Waals surface area contributed by atoms with E-state index in [1.807, 2.05) is 0 Å². The Morgan fingerprint density at radius 1 is 1.32 bits per heavy atom. The Balaban J connectivity index is 2.87. The summed E-state index contributed by atoms with van der Waals surface area (Å²) in [4.78, 5) is 35.8. The zero-order valence-corrected chi connectivity index (χ0v) is 11.3. The zero-order chi connectivity index (χ0) is 14.6. The number of primary amides is 1. The third-order valence-electron chi connectivity index (χ3n) is 3.30. The van der Waals surface area contributed by atoms with Gasteiger partial charge in [-0.2, -0.15) is 0 Å². The van der Waals surface area contributed by atoms with Crippen LogP contribution in [0, 0.1) is 5.92 Å². The molecule has 0 aliphatic carbocycles. The number of rotatable bonds is 4. The lowest BCUT2D eigenvalue weighted by Crippen LogP contribution is -2.57. The quantitative estimate of drug-likeness (QED) is 0.675. The molecule has 4 N–H and O–H groups in total. The van der Waals surface area contributed by atoms with Crippen LogP contribution in [0.3, 0.4) is 0 Å². The Kier molecular flexibility index (Phi) is 5.14. The first-order valence-electron chi connectivity index (χ1n) is 6.43. The predicted molar refractivity (Wildman–Crippen MR) is 68.3 cm³/mol. The number of amides is 3. The fourth-order valence-electron chi connectivity index (χ4n) is 2.30. The summed E-state index contributed by atoms with van der Waals surface area (Å²) in [6.45, 7) is 3.95. The molecule has 0 aromatic heterocycles. The summed E-state index contributed by atoms with van der Waals surface area (Å²) in [6, 6.07) is -2.37. The molecule has 2 atom stereocenters. The third-order valence-corrected chi connectivity index (χ3v) is 3.30. The summed E-state index contributed by atoms with van der Waals surface area (Å²) in [5.74, 6) is -1.54. The standard InChI is InChI=1S/C12H21N3O4/c1-7(2)9(14-12(13)19)10(16)15-6-4-3-5-8(15)11(17)18/h7-9H,3-6H2,1-2H3,(H,17,18)(H3,13,14,19). The molecular formula is C12H21N3O4. The topological polar surface area (TPSA) is 113 Å². The largest absolute Gasteiger partial charge is 0.480 e. The zero-order valence-electron chi connectivity index (χ0n) is 11.3. The van der Waals surface area contributed by atoms with E-state index >= 15 is 0 Å². The molecule has 1 fully saturated rings. The molecule has 1 heterocycles. The van der Waals surface area contributed by atoms with E-state index in [0.717, 1.165) is 12.8 Å². The van der Waals surface area contributed by atoms with Crippen molar-refractivity contribution in [1.29, 1.82) is 0 Å². The number of nitrogens with zero attached hydrogens (tertiary/aromatic N) is 1. The molecular weight excluding hydrogens is 250 g/mol. The first-order valence-corrected chi connectivity index (χ1v) is 6.43. The molecule has 0 spiro atoms. The van der Waals surface area contributed by atoms with Gasteiger partial charge in [0.25, 0.3) is 0 Å². The van der Waals surface area contributed by atoms with E-state index in [0.29, 0.717) is 13.0 Å². The smallest absolute Gasteiger partial charge is 0.326 e. The second kappa shape index (κ2) is 6.40. The maximum atomic E-state index is 12.4. The van der Waals surface area contributed by atoms with E-state index in [2.05, 4.69) is 5.32 Å². The molecule has 1 rings (SSSR count). The fourth-order valence-corrected chi connectivity index (χ4v) is 2.30. The fraction of sp³-hybridized carbons (Fsp3) is 0.750. The van der Waals surface area contributed by atoms with Crippen molar-refractivity contribution in [2.45, 2.75) is 45.2 Å². The van der Waals surface area contributed by atoms with Crippen molar-refractivity contribution >= 4 is 17.9 Å². The molecule has 2 unspecified atom stereocenters. The van der Waals surface area contributed by atoms with Crippen molar-refractivity contribution in [2.24, 2.45) is 11.7 Å². The highest BCUT2D eigenvalue weighted by molar-refractivity contribution is 5.90. The number of piperidine rings is 1. The lowest BCUT2D eigenvalue weighted by atomic mass is 9.97. The van der Waals surface area contributed by atoms with Gasteiger partial charge in [0.2, 0.25) is 5.91 Å². The van der Waals surface area contributed by atoms with E-state index in [-0.39, 0.29) is 11.8 Å². The monoisotopic (exact) mass is 271 g/mol. The molecule has 7 heteroatoms. The molecule has 19 heavy (non-hydrogen) atoms. The third kappa shape index (κ3) is 3.84. The summed E-state index contributed by atoms with van der Waals surface area (Å²) in [6.07, 6.45) is 2.01. The van der Waals surface area contributed by atoms with Crippen LogP contribution in [-0.2, 0) is 9.59 Å². The summed E-state index contributed by atoms with van der Waals surface area (Å²) in [7, 11) is 0. The number of hydrogen-bond acceptors (Lipinski definition) is 3. The number of likely N-dealkylation sites (tertiary alicyclic amines) is 1. The minimum atomic E-state index is -1.00. The Labute approximate surface area is 112 Å². The molecule has 1 aliphatic rings. The second-order valence-corrected chi connectivity index (χ2v) is 5.11. The molecule has 0 saturated carbocycles. The molecule has 0 aromatic carbocycles. The minimum absolute atomic E-state index is 0.156. The molecule has 0 radical (unpaired) electrons. The van der Waals surface area contributed by atoms with E-state index < -0.39 is 24.1 Å². The van der Waals surface area contributed by atoms with Crippen LogP contribution in [0.4, 0.5) is 4.79 Å². The Bertz CT molecular complexity index is 370. The SMILES string of the molecule is CC(C)C(NC(N)=O)C(=O)N1CCCCC1C(=O)O. The van der Waals surface area contributed by atoms with Crippen LogP contribution in [0.5, 0.6) is 0 Å². The highest BCUT2D eigenvalue weighted by atomic mass is 16.4. The summed E-state index contributed by atoms with van der Waals surface area (Å²) < 4.78 is 0. The average Bonchev–Trinajstić information content (AvgIpc) is 2.34. The Morgan fingerprint density at radius 3 is 2.42 bits per heavy atom. The van der Waals surface area contributed by atoms with Gasteiger partial charge in [0.15, 0.2) is 0 Å². The normalized spacial score (nSPS) is 21.0. The number of carbonyl (C=O) groups excluding carboxylic acids is 2. The van der Waals surface area contributed by atoms with E-state index in [1.165, 1.54) is 4.90 Å². The summed E-state index contributed by atoms with van der Waals surface area (Å²) in [5.41, 5.74) is 5.06. The Morgan fingerprint density at radius 2 is 1.95 bits per heavy atom. The number of aliphatic carboxylic acids is 1. The van der Waals surface area contributed by atoms with Crippen molar-refractivity contribution in [3.8, 4) is 0 Å². The van der Waals surface area contributed by atoms with Crippen LogP contribution in [0.15, 0.2) is 0 Å². The lowest BCUT2D eigenvalue weighted by molar-refractivity contribution is -0.153. The van der Waals surface area contributed by atoms with E-state index in [9.17, 15) is 14.4 Å². The van der Waals surface area contributed by atoms with Gasteiger partial charge in [-0.05, 0) is 25.2 Å². The highest BCUT2D eigenvalue weighted by Gasteiger charge is 2.36. The molecule has 3 amide bonds. The van der Waals surface area contributed by atoms with Gasteiger partial charge in [-0.3, -0.25) is 4.79 Å². The van der Waals surface area contributed by atoms with Crippen LogP contribution in [0.1, 0.15) is 33.1 Å². The van der Waals surface area contributed by atoms with Crippen LogP contribution < -0.4 is 11.1 Å². The van der Waals surface area contributed by atoms with Crippen molar-refractivity contribution in [3.63, 3.8) is 0 Å². The number of urea groups is 1. The van der Waals surface area contributed by atoms with Crippen LogP contribution in [0.2, 0.25) is 0 Å². The van der Waals surface area contributed by atoms with Gasteiger partial charge in [0.05, 0.1) is 0 Å². The number of nitrogens with two attached hydrogens (primary N) is 1. The summed E-state index contributed by atoms with van der Waals surface area (Å²) in [5, 5.41) is 11.5. The van der Waals surface area contributed by atoms with Crippen molar-refractivity contribution in [2.75, 3.05) is 6.54 Å². The van der Waals surface area contributed by atoms with E-state index in [4.69, 9.17) is 10.8 Å². The van der Waals surface area contributed by atoms with Crippen LogP contribution in [0.25, 0.3) is 0 Å². The molecule has 0 bridgehead atoms. The van der Waals surface area contributed by atoms with Gasteiger partial charge >= 0.3 is 12.0 Å².